The number of aldehydes is 1. The second-order valence-electron chi connectivity index (χ2n) is 7.90. The van der Waals surface area contributed by atoms with Gasteiger partial charge in [0, 0.05) is 30.4 Å². The van der Waals surface area contributed by atoms with Crippen molar-refractivity contribution in [3.8, 4) is 0 Å². The first-order valence-electron chi connectivity index (χ1n) is 10.1. The summed E-state index contributed by atoms with van der Waals surface area (Å²) >= 11 is 0. The maximum atomic E-state index is 10.8. The first-order valence-corrected chi connectivity index (χ1v) is 10.1. The zero-order valence-electron chi connectivity index (χ0n) is 16.1. The third kappa shape index (κ3) is 4.91. The quantitative estimate of drug-likeness (QED) is 0.612. The van der Waals surface area contributed by atoms with E-state index in [-0.39, 0.29) is 0 Å². The minimum atomic E-state index is 0.510. The molecule has 0 saturated heterocycles. The van der Waals surface area contributed by atoms with Gasteiger partial charge in [-0.1, -0.05) is 25.0 Å². The highest BCUT2D eigenvalue weighted by molar-refractivity contribution is 5.84. The molecule has 1 aromatic rings. The zero-order chi connectivity index (χ0) is 18.4. The highest BCUT2D eigenvalue weighted by Gasteiger charge is 2.19. The summed E-state index contributed by atoms with van der Waals surface area (Å²) in [7, 11) is 1.82. The first kappa shape index (κ1) is 19.0. The SMILES string of the molecule is COC1CCC(C)CC1.O=Cc1ccc2c(c1)C=C1CCCCC1C=N2. The molecule has 0 amide bonds. The van der Waals surface area contributed by atoms with Crippen LogP contribution in [-0.4, -0.2) is 25.7 Å². The lowest BCUT2D eigenvalue weighted by Crippen LogP contribution is -2.18. The standard InChI is InChI=1S/C15H15NO.C8H16O/c17-10-11-5-6-15-14(7-11)8-12-3-1-2-4-13(12)9-16-15;1-7-3-5-8(9-2)6-4-7/h5-10,13H,1-4H2;7-8H,3-6H2,1-2H3. The Hall–Kier alpha value is -1.74. The van der Waals surface area contributed by atoms with E-state index in [0.717, 1.165) is 29.0 Å². The van der Waals surface area contributed by atoms with Gasteiger partial charge in [0.1, 0.15) is 6.29 Å². The molecule has 3 heteroatoms. The number of allylic oxidation sites excluding steroid dienone is 1. The van der Waals surface area contributed by atoms with Gasteiger partial charge in [-0.25, -0.2) is 0 Å². The molecule has 0 N–H and O–H groups in total. The van der Waals surface area contributed by atoms with Gasteiger partial charge >= 0.3 is 0 Å². The largest absolute Gasteiger partial charge is 0.381 e. The number of methoxy groups -OCH3 is 1. The van der Waals surface area contributed by atoms with Crippen LogP contribution in [0.2, 0.25) is 0 Å². The lowest BCUT2D eigenvalue weighted by molar-refractivity contribution is 0.0593. The van der Waals surface area contributed by atoms with Gasteiger partial charge in [0.25, 0.3) is 0 Å². The molecule has 1 aliphatic heterocycles. The molecule has 2 saturated carbocycles. The van der Waals surface area contributed by atoms with Crippen molar-refractivity contribution in [1.29, 1.82) is 0 Å². The van der Waals surface area contributed by atoms with Crippen LogP contribution in [0.15, 0.2) is 28.8 Å². The van der Waals surface area contributed by atoms with Crippen LogP contribution in [0.25, 0.3) is 6.08 Å². The Bertz CT molecular complexity index is 669. The Balaban J connectivity index is 0.000000185. The molecule has 2 fully saturated rings. The molecule has 4 rings (SSSR count). The summed E-state index contributed by atoms with van der Waals surface area (Å²) in [6.07, 6.45) is 16.0. The van der Waals surface area contributed by atoms with Gasteiger partial charge in [0.05, 0.1) is 11.8 Å². The van der Waals surface area contributed by atoms with Gasteiger partial charge < -0.3 is 4.74 Å². The average molecular weight is 354 g/mol. The number of hydrogen-bond donors (Lipinski definition) is 0. The van der Waals surface area contributed by atoms with E-state index < -0.39 is 0 Å². The summed E-state index contributed by atoms with van der Waals surface area (Å²) in [5.74, 6) is 1.45. The van der Waals surface area contributed by atoms with Crippen LogP contribution in [0.5, 0.6) is 0 Å². The molecular formula is C23H31NO2. The summed E-state index contributed by atoms with van der Waals surface area (Å²) in [5, 5.41) is 0. The van der Waals surface area contributed by atoms with Crippen molar-refractivity contribution in [3.05, 3.63) is 34.9 Å². The summed E-state index contributed by atoms with van der Waals surface area (Å²) in [4.78, 5) is 15.4. The van der Waals surface area contributed by atoms with Gasteiger partial charge in [0.2, 0.25) is 0 Å². The number of benzene rings is 1. The molecular weight excluding hydrogens is 322 g/mol. The molecule has 140 valence electrons. The third-order valence-corrected chi connectivity index (χ3v) is 5.93. The number of nitrogens with zero attached hydrogens (tertiary/aromatic N) is 1. The van der Waals surface area contributed by atoms with Crippen LogP contribution in [0.3, 0.4) is 0 Å². The van der Waals surface area contributed by atoms with Crippen molar-refractivity contribution in [2.75, 3.05) is 7.11 Å². The van der Waals surface area contributed by atoms with E-state index in [1.807, 2.05) is 25.3 Å². The number of carbonyl (C=O) groups is 1. The Morgan fingerprint density at radius 3 is 2.65 bits per heavy atom. The van der Waals surface area contributed by atoms with Gasteiger partial charge in [-0.3, -0.25) is 9.79 Å². The highest BCUT2D eigenvalue weighted by Crippen LogP contribution is 2.35. The second kappa shape index (κ2) is 9.27. The van der Waals surface area contributed by atoms with Crippen LogP contribution in [0.4, 0.5) is 5.69 Å². The number of hydrogen-bond acceptors (Lipinski definition) is 3. The van der Waals surface area contributed by atoms with Crippen molar-refractivity contribution in [1.82, 2.24) is 0 Å². The van der Waals surface area contributed by atoms with Crippen molar-refractivity contribution in [2.45, 2.75) is 64.4 Å². The van der Waals surface area contributed by atoms with Crippen LogP contribution >= 0.6 is 0 Å². The average Bonchev–Trinajstić information content (AvgIpc) is 2.87. The number of aliphatic imine (C=N–C) groups is 1. The minimum Gasteiger partial charge on any atom is -0.381 e. The predicted molar refractivity (Wildman–Crippen MR) is 108 cm³/mol. The fourth-order valence-corrected chi connectivity index (χ4v) is 4.13. The van der Waals surface area contributed by atoms with Crippen LogP contribution < -0.4 is 0 Å². The molecule has 3 nitrogen and oxygen atoms in total. The molecule has 0 bridgehead atoms. The van der Waals surface area contributed by atoms with E-state index >= 15 is 0 Å². The van der Waals surface area contributed by atoms with E-state index in [9.17, 15) is 4.79 Å². The second-order valence-corrected chi connectivity index (χ2v) is 7.90. The van der Waals surface area contributed by atoms with Gasteiger partial charge in [-0.05, 0) is 69.1 Å². The molecule has 2 aliphatic carbocycles. The smallest absolute Gasteiger partial charge is 0.150 e. The molecule has 1 unspecified atom stereocenters. The van der Waals surface area contributed by atoms with Crippen LogP contribution in [-0.2, 0) is 4.74 Å². The molecule has 0 spiro atoms. The van der Waals surface area contributed by atoms with E-state index in [0.29, 0.717) is 12.0 Å². The van der Waals surface area contributed by atoms with Crippen molar-refractivity contribution >= 4 is 24.3 Å². The Labute approximate surface area is 157 Å². The zero-order valence-corrected chi connectivity index (χ0v) is 16.1. The van der Waals surface area contributed by atoms with Crippen molar-refractivity contribution in [3.63, 3.8) is 0 Å². The number of fused-ring (bicyclic) bond motifs is 2. The van der Waals surface area contributed by atoms with Crippen molar-refractivity contribution < 1.29 is 9.53 Å². The Morgan fingerprint density at radius 1 is 1.12 bits per heavy atom. The molecule has 1 atom stereocenters. The molecule has 26 heavy (non-hydrogen) atoms. The minimum absolute atomic E-state index is 0.510. The van der Waals surface area contributed by atoms with E-state index in [1.165, 1.54) is 56.9 Å². The lowest BCUT2D eigenvalue weighted by atomic mass is 9.84. The normalized spacial score (nSPS) is 27.2. The van der Waals surface area contributed by atoms with E-state index in [4.69, 9.17) is 4.74 Å². The monoisotopic (exact) mass is 353 g/mol. The number of carbonyl (C=O) groups excluding carboxylic acids is 1. The molecule has 0 aromatic heterocycles. The predicted octanol–water partition coefficient (Wildman–Crippen LogP) is 6.00. The van der Waals surface area contributed by atoms with Gasteiger partial charge in [0.15, 0.2) is 0 Å². The molecule has 1 aromatic carbocycles. The third-order valence-electron chi connectivity index (χ3n) is 5.93. The fraction of sp³-hybridized carbons (Fsp3) is 0.565. The molecule has 3 aliphatic rings. The summed E-state index contributed by atoms with van der Waals surface area (Å²) in [6.45, 7) is 2.33. The first-order chi connectivity index (χ1) is 12.7. The Kier molecular flexibility index (Phi) is 6.79. The summed E-state index contributed by atoms with van der Waals surface area (Å²) in [5.41, 5.74) is 4.27. The van der Waals surface area contributed by atoms with Crippen LogP contribution in [0, 0.1) is 11.8 Å². The molecule has 1 heterocycles. The summed E-state index contributed by atoms with van der Waals surface area (Å²) < 4.78 is 5.24. The highest BCUT2D eigenvalue weighted by atomic mass is 16.5. The van der Waals surface area contributed by atoms with Gasteiger partial charge in [-0.2, -0.15) is 0 Å². The van der Waals surface area contributed by atoms with E-state index in [1.54, 1.807) is 0 Å². The van der Waals surface area contributed by atoms with E-state index in [2.05, 4.69) is 24.2 Å². The maximum Gasteiger partial charge on any atom is 0.150 e. The molecule has 0 radical (unpaired) electrons. The lowest BCUT2D eigenvalue weighted by Gasteiger charge is -2.24. The number of ether oxygens (including phenoxy) is 1. The van der Waals surface area contributed by atoms with Crippen LogP contribution in [0.1, 0.15) is 74.2 Å². The maximum absolute atomic E-state index is 10.8. The topological polar surface area (TPSA) is 38.7 Å². The van der Waals surface area contributed by atoms with Gasteiger partial charge in [-0.15, -0.1) is 0 Å². The summed E-state index contributed by atoms with van der Waals surface area (Å²) in [6, 6.07) is 5.70. The fourth-order valence-electron chi connectivity index (χ4n) is 4.13. The number of rotatable bonds is 2. The van der Waals surface area contributed by atoms with Crippen molar-refractivity contribution in [2.24, 2.45) is 16.8 Å². The Morgan fingerprint density at radius 2 is 1.92 bits per heavy atom.